The molecule has 1 heterocycles. The summed E-state index contributed by atoms with van der Waals surface area (Å²) in [4.78, 5) is 12.1. The van der Waals surface area contributed by atoms with Gasteiger partial charge in [0.2, 0.25) is 0 Å². The molecule has 4 heteroatoms. The maximum atomic E-state index is 12.1. The van der Waals surface area contributed by atoms with E-state index in [2.05, 4.69) is 10.6 Å². The quantitative estimate of drug-likeness (QED) is 0.552. The summed E-state index contributed by atoms with van der Waals surface area (Å²) in [7, 11) is 0. The minimum atomic E-state index is -0.531. The predicted molar refractivity (Wildman–Crippen MR) is 55.1 cm³/mol. The third-order valence-electron chi connectivity index (χ3n) is 3.34. The molecule has 4 N–H and O–H groups in total. The van der Waals surface area contributed by atoms with Gasteiger partial charge in [-0.05, 0) is 12.8 Å². The van der Waals surface area contributed by atoms with Gasteiger partial charge >= 0.3 is 0 Å². The lowest BCUT2D eigenvalue weighted by atomic mass is 9.88. The Bertz CT molecular complexity index is 217. The molecule has 0 radical (unpaired) electrons. The molecule has 2 aliphatic rings. The van der Waals surface area contributed by atoms with Crippen molar-refractivity contribution in [1.82, 2.24) is 10.6 Å². The molecule has 1 saturated carbocycles. The summed E-state index contributed by atoms with van der Waals surface area (Å²) in [6.07, 6.45) is 3.93. The third kappa shape index (κ3) is 1.82. The van der Waals surface area contributed by atoms with Crippen LogP contribution in [0.15, 0.2) is 0 Å². The van der Waals surface area contributed by atoms with Crippen LogP contribution in [0, 0.1) is 0 Å². The van der Waals surface area contributed by atoms with Crippen molar-refractivity contribution in [2.75, 3.05) is 19.6 Å². The Hall–Kier alpha value is -0.450. The average Bonchev–Trinajstić information content (AvgIpc) is 2.67. The van der Waals surface area contributed by atoms with E-state index in [1.807, 2.05) is 0 Å². The van der Waals surface area contributed by atoms with Crippen LogP contribution in [-0.2, 0) is 4.79 Å². The Morgan fingerprint density at radius 1 is 1.29 bits per heavy atom. The van der Waals surface area contributed by atoms with Crippen LogP contribution < -0.4 is 16.4 Å². The summed E-state index contributed by atoms with van der Waals surface area (Å²) in [5.41, 5.74) is 5.59. The van der Waals surface area contributed by atoms with Gasteiger partial charge in [-0.1, -0.05) is 12.8 Å². The van der Waals surface area contributed by atoms with E-state index in [4.69, 9.17) is 5.73 Å². The van der Waals surface area contributed by atoms with Crippen LogP contribution in [0.25, 0.3) is 0 Å². The molecule has 4 nitrogen and oxygen atoms in total. The molecule has 1 saturated heterocycles. The van der Waals surface area contributed by atoms with E-state index in [-0.39, 0.29) is 11.8 Å². The highest BCUT2D eigenvalue weighted by Crippen LogP contribution is 2.28. The molecule has 1 unspecified atom stereocenters. The van der Waals surface area contributed by atoms with Crippen molar-refractivity contribution in [1.29, 1.82) is 0 Å². The topological polar surface area (TPSA) is 67.2 Å². The SMILES string of the molecule is NC1(C(=O)C2CNCCN2)CCCC1. The van der Waals surface area contributed by atoms with Crippen molar-refractivity contribution in [3.05, 3.63) is 0 Å². The summed E-state index contributed by atoms with van der Waals surface area (Å²) in [5.74, 6) is 0.210. The fourth-order valence-electron chi connectivity index (χ4n) is 2.44. The lowest BCUT2D eigenvalue weighted by Crippen LogP contribution is -2.60. The van der Waals surface area contributed by atoms with Crippen molar-refractivity contribution < 1.29 is 4.79 Å². The van der Waals surface area contributed by atoms with E-state index in [0.717, 1.165) is 45.3 Å². The molecule has 0 aromatic heterocycles. The Labute approximate surface area is 84.6 Å². The molecule has 0 aromatic carbocycles. The lowest BCUT2D eigenvalue weighted by molar-refractivity contribution is -0.126. The number of rotatable bonds is 2. The number of carbonyl (C=O) groups is 1. The molecular formula is C10H19N3O. The summed E-state index contributed by atoms with van der Waals surface area (Å²) >= 11 is 0. The Morgan fingerprint density at radius 3 is 2.57 bits per heavy atom. The largest absolute Gasteiger partial charge is 0.319 e. The van der Waals surface area contributed by atoms with Crippen molar-refractivity contribution in [2.24, 2.45) is 5.73 Å². The highest BCUT2D eigenvalue weighted by Gasteiger charge is 2.40. The summed E-state index contributed by atoms with van der Waals surface area (Å²) in [6.45, 7) is 2.55. The molecule has 1 aliphatic heterocycles. The Kier molecular flexibility index (Phi) is 2.85. The van der Waals surface area contributed by atoms with Gasteiger partial charge in [-0.25, -0.2) is 0 Å². The van der Waals surface area contributed by atoms with Crippen LogP contribution in [0.3, 0.4) is 0 Å². The first kappa shape index (κ1) is 10.1. The van der Waals surface area contributed by atoms with Crippen molar-refractivity contribution in [3.8, 4) is 0 Å². The number of hydrogen-bond donors (Lipinski definition) is 3. The molecular weight excluding hydrogens is 178 g/mol. The molecule has 0 amide bonds. The van der Waals surface area contributed by atoms with Crippen molar-refractivity contribution in [3.63, 3.8) is 0 Å². The first-order valence-corrected chi connectivity index (χ1v) is 5.50. The summed E-state index contributed by atoms with van der Waals surface area (Å²) in [5, 5.41) is 6.45. The number of nitrogens with one attached hydrogen (secondary N) is 2. The number of carbonyl (C=O) groups excluding carboxylic acids is 1. The molecule has 80 valence electrons. The maximum Gasteiger partial charge on any atom is 0.170 e. The molecule has 0 aromatic rings. The molecule has 2 rings (SSSR count). The van der Waals surface area contributed by atoms with Crippen molar-refractivity contribution >= 4 is 5.78 Å². The smallest absolute Gasteiger partial charge is 0.170 e. The monoisotopic (exact) mass is 197 g/mol. The second-order valence-electron chi connectivity index (χ2n) is 4.44. The number of piperazine rings is 1. The zero-order valence-corrected chi connectivity index (χ0v) is 8.51. The van der Waals surface area contributed by atoms with Gasteiger partial charge in [0.05, 0.1) is 11.6 Å². The maximum absolute atomic E-state index is 12.1. The summed E-state index contributed by atoms with van der Waals surface area (Å²) < 4.78 is 0. The average molecular weight is 197 g/mol. The minimum Gasteiger partial charge on any atom is -0.319 e. The highest BCUT2D eigenvalue weighted by molar-refractivity contribution is 5.93. The van der Waals surface area contributed by atoms with Gasteiger partial charge in [0.1, 0.15) is 0 Å². The second kappa shape index (κ2) is 3.96. The van der Waals surface area contributed by atoms with Gasteiger partial charge in [0.25, 0.3) is 0 Å². The van der Waals surface area contributed by atoms with Gasteiger partial charge in [-0.15, -0.1) is 0 Å². The van der Waals surface area contributed by atoms with Crippen LogP contribution in [0.1, 0.15) is 25.7 Å². The molecule has 2 fully saturated rings. The van der Waals surface area contributed by atoms with Gasteiger partial charge in [-0.3, -0.25) is 4.79 Å². The van der Waals surface area contributed by atoms with Crippen LogP contribution in [0.5, 0.6) is 0 Å². The number of nitrogens with two attached hydrogens (primary N) is 1. The molecule has 14 heavy (non-hydrogen) atoms. The van der Waals surface area contributed by atoms with Crippen LogP contribution in [0.4, 0.5) is 0 Å². The van der Waals surface area contributed by atoms with Crippen LogP contribution >= 0.6 is 0 Å². The number of hydrogen-bond acceptors (Lipinski definition) is 4. The van der Waals surface area contributed by atoms with E-state index in [9.17, 15) is 4.79 Å². The van der Waals surface area contributed by atoms with E-state index in [0.29, 0.717) is 0 Å². The Morgan fingerprint density at radius 2 is 2.00 bits per heavy atom. The molecule has 1 aliphatic carbocycles. The summed E-state index contributed by atoms with van der Waals surface area (Å²) in [6, 6.07) is -0.0631. The standard InChI is InChI=1S/C10H19N3O/c11-10(3-1-2-4-10)9(14)8-7-12-5-6-13-8/h8,12-13H,1-7,11H2. The number of Topliss-reactive ketones (excluding diaryl/α,β-unsaturated/α-hetero) is 1. The zero-order valence-electron chi connectivity index (χ0n) is 8.51. The second-order valence-corrected chi connectivity index (χ2v) is 4.44. The van der Waals surface area contributed by atoms with Gasteiger partial charge in [-0.2, -0.15) is 0 Å². The molecule has 0 spiro atoms. The fraction of sp³-hybridized carbons (Fsp3) is 0.900. The third-order valence-corrected chi connectivity index (χ3v) is 3.34. The zero-order chi connectivity index (χ0) is 10.0. The normalized spacial score (nSPS) is 31.6. The minimum absolute atomic E-state index is 0.0631. The van der Waals surface area contributed by atoms with E-state index < -0.39 is 5.54 Å². The van der Waals surface area contributed by atoms with Gasteiger partial charge in [0, 0.05) is 19.6 Å². The van der Waals surface area contributed by atoms with E-state index in [1.54, 1.807) is 0 Å². The number of ketones is 1. The highest BCUT2D eigenvalue weighted by atomic mass is 16.1. The van der Waals surface area contributed by atoms with Crippen LogP contribution in [-0.4, -0.2) is 37.0 Å². The predicted octanol–water partition coefficient (Wildman–Crippen LogP) is -0.612. The molecule has 1 atom stereocenters. The van der Waals surface area contributed by atoms with Gasteiger partial charge < -0.3 is 16.4 Å². The fourth-order valence-corrected chi connectivity index (χ4v) is 2.44. The molecule has 0 bridgehead atoms. The Balaban J connectivity index is 1.98. The van der Waals surface area contributed by atoms with Gasteiger partial charge in [0.15, 0.2) is 5.78 Å². The first-order valence-electron chi connectivity index (χ1n) is 5.50. The van der Waals surface area contributed by atoms with Crippen molar-refractivity contribution in [2.45, 2.75) is 37.3 Å². The van der Waals surface area contributed by atoms with Crippen LogP contribution in [0.2, 0.25) is 0 Å². The van der Waals surface area contributed by atoms with E-state index >= 15 is 0 Å². The lowest BCUT2D eigenvalue weighted by Gasteiger charge is -2.31. The van der Waals surface area contributed by atoms with E-state index in [1.165, 1.54) is 0 Å². The first-order chi connectivity index (χ1) is 6.72.